The van der Waals surface area contributed by atoms with Crippen LogP contribution in [0.15, 0.2) is 12.1 Å². The quantitative estimate of drug-likeness (QED) is 0.771. The minimum absolute atomic E-state index is 0.0482. The Morgan fingerprint density at radius 3 is 2.83 bits per heavy atom. The van der Waals surface area contributed by atoms with Crippen LogP contribution in [0.2, 0.25) is 0 Å². The molecule has 1 atom stereocenters. The summed E-state index contributed by atoms with van der Waals surface area (Å²) in [6, 6.07) is 6.11. The summed E-state index contributed by atoms with van der Waals surface area (Å²) in [5, 5.41) is 17.4. The number of hydrogen-bond donors (Lipinski definition) is 1. The molecule has 2 nitrogen and oxygen atoms in total. The summed E-state index contributed by atoms with van der Waals surface area (Å²) in [5.41, 5.74) is 0. The van der Waals surface area contributed by atoms with Gasteiger partial charge in [-0.15, -0.1) is 11.3 Å². The van der Waals surface area contributed by atoms with Gasteiger partial charge in [-0.3, -0.25) is 0 Å². The molecule has 64 valence electrons. The van der Waals surface area contributed by atoms with Gasteiger partial charge in [0.25, 0.3) is 0 Å². The normalized spacial score (nSPS) is 12.4. The van der Waals surface area contributed by atoms with Crippen molar-refractivity contribution >= 4 is 11.3 Å². The molecular weight excluding hydrogens is 170 g/mol. The van der Waals surface area contributed by atoms with Crippen LogP contribution in [0.4, 0.5) is 0 Å². The highest BCUT2D eigenvalue weighted by Crippen LogP contribution is 2.18. The molecule has 1 aromatic heterocycles. The summed E-state index contributed by atoms with van der Waals surface area (Å²) in [7, 11) is 0. The lowest BCUT2D eigenvalue weighted by molar-refractivity contribution is 0.256. The fraction of sp³-hybridized carbons (Fsp3) is 0.444. The molecule has 0 aliphatic carbocycles. The summed E-state index contributed by atoms with van der Waals surface area (Å²) >= 11 is 1.68. The van der Waals surface area contributed by atoms with E-state index in [4.69, 9.17) is 10.4 Å². The van der Waals surface area contributed by atoms with E-state index in [0.717, 1.165) is 0 Å². The topological polar surface area (TPSA) is 44.0 Å². The number of aliphatic hydroxyl groups is 1. The van der Waals surface area contributed by atoms with Crippen molar-refractivity contribution in [1.29, 1.82) is 5.26 Å². The molecule has 0 aliphatic heterocycles. The molecule has 1 heterocycles. The van der Waals surface area contributed by atoms with Crippen LogP contribution in [0.5, 0.6) is 0 Å². The Morgan fingerprint density at radius 2 is 2.42 bits per heavy atom. The van der Waals surface area contributed by atoms with Gasteiger partial charge in [0.1, 0.15) is 0 Å². The van der Waals surface area contributed by atoms with Crippen LogP contribution in [0.3, 0.4) is 0 Å². The summed E-state index contributed by atoms with van der Waals surface area (Å²) in [6.45, 7) is 1.99. The van der Waals surface area contributed by atoms with Crippen molar-refractivity contribution in [2.45, 2.75) is 13.3 Å². The zero-order valence-corrected chi connectivity index (χ0v) is 7.77. The third kappa shape index (κ3) is 2.33. The Hall–Kier alpha value is -0.850. The summed E-state index contributed by atoms with van der Waals surface area (Å²) < 4.78 is 0. The van der Waals surface area contributed by atoms with Crippen molar-refractivity contribution in [3.8, 4) is 6.07 Å². The smallest absolute Gasteiger partial charge is 0.0742 e. The summed E-state index contributed by atoms with van der Waals surface area (Å²) in [5.74, 6) is -0.247. The second kappa shape index (κ2) is 4.24. The van der Waals surface area contributed by atoms with Crippen LogP contribution >= 0.6 is 11.3 Å². The van der Waals surface area contributed by atoms with Crippen molar-refractivity contribution in [3.05, 3.63) is 21.9 Å². The minimum Gasteiger partial charge on any atom is -0.395 e. The largest absolute Gasteiger partial charge is 0.395 e. The fourth-order valence-electron chi connectivity index (χ4n) is 0.989. The highest BCUT2D eigenvalue weighted by molar-refractivity contribution is 7.11. The first-order valence-corrected chi connectivity index (χ1v) is 4.63. The van der Waals surface area contributed by atoms with Gasteiger partial charge < -0.3 is 5.11 Å². The van der Waals surface area contributed by atoms with E-state index < -0.39 is 0 Å². The Balaban J connectivity index is 2.58. The average Bonchev–Trinajstić information content (AvgIpc) is 2.47. The maximum atomic E-state index is 8.78. The fourth-order valence-corrected chi connectivity index (χ4v) is 1.96. The molecule has 0 aliphatic rings. The maximum absolute atomic E-state index is 8.78. The lowest BCUT2D eigenvalue weighted by Crippen LogP contribution is -2.05. The number of hydrogen-bond acceptors (Lipinski definition) is 3. The van der Waals surface area contributed by atoms with E-state index in [2.05, 4.69) is 6.07 Å². The van der Waals surface area contributed by atoms with E-state index in [1.54, 1.807) is 11.3 Å². The first kappa shape index (κ1) is 9.24. The van der Waals surface area contributed by atoms with Gasteiger partial charge in [-0.2, -0.15) is 5.26 Å². The molecule has 0 spiro atoms. The van der Waals surface area contributed by atoms with Gasteiger partial charge >= 0.3 is 0 Å². The van der Waals surface area contributed by atoms with Crippen molar-refractivity contribution in [1.82, 2.24) is 0 Å². The predicted molar refractivity (Wildman–Crippen MR) is 48.9 cm³/mol. The second-order valence-electron chi connectivity index (χ2n) is 2.73. The molecule has 12 heavy (non-hydrogen) atoms. The standard InChI is InChI=1S/C9H11NOS/c1-7-2-3-9(12-7)4-8(5-10)6-11/h2-3,8,11H,4,6H2,1H3/t8-/m1/s1. The van der Waals surface area contributed by atoms with E-state index in [-0.39, 0.29) is 12.5 Å². The van der Waals surface area contributed by atoms with Crippen LogP contribution in [0, 0.1) is 24.2 Å². The van der Waals surface area contributed by atoms with Gasteiger partial charge in [0.2, 0.25) is 0 Å². The lowest BCUT2D eigenvalue weighted by Gasteiger charge is -2.00. The Kier molecular flexibility index (Phi) is 3.27. The maximum Gasteiger partial charge on any atom is 0.0742 e. The number of rotatable bonds is 3. The van der Waals surface area contributed by atoms with Crippen molar-refractivity contribution < 1.29 is 5.11 Å². The third-order valence-electron chi connectivity index (χ3n) is 1.65. The zero-order chi connectivity index (χ0) is 8.97. The average molecular weight is 181 g/mol. The van der Waals surface area contributed by atoms with Crippen LogP contribution in [0.25, 0.3) is 0 Å². The monoisotopic (exact) mass is 181 g/mol. The molecule has 1 N–H and O–H groups in total. The first-order chi connectivity index (χ1) is 5.76. The van der Waals surface area contributed by atoms with Gasteiger partial charge in [0.05, 0.1) is 18.6 Å². The molecule has 0 aromatic carbocycles. The van der Waals surface area contributed by atoms with E-state index in [9.17, 15) is 0 Å². The molecule has 0 saturated heterocycles. The zero-order valence-electron chi connectivity index (χ0n) is 6.95. The van der Waals surface area contributed by atoms with Gasteiger partial charge in [0, 0.05) is 9.75 Å². The SMILES string of the molecule is Cc1ccc(C[C@H](C#N)CO)s1. The lowest BCUT2D eigenvalue weighted by atomic mass is 10.1. The Morgan fingerprint density at radius 1 is 1.67 bits per heavy atom. The number of aryl methyl sites for hydroxylation is 1. The van der Waals surface area contributed by atoms with Crippen LogP contribution < -0.4 is 0 Å². The molecule has 0 amide bonds. The number of nitrogens with zero attached hydrogens (tertiary/aromatic N) is 1. The van der Waals surface area contributed by atoms with Crippen molar-refractivity contribution in [2.24, 2.45) is 5.92 Å². The van der Waals surface area contributed by atoms with Gasteiger partial charge in [-0.05, 0) is 25.5 Å². The van der Waals surface area contributed by atoms with E-state index in [1.165, 1.54) is 9.75 Å². The van der Waals surface area contributed by atoms with Gasteiger partial charge in [-0.1, -0.05) is 0 Å². The molecule has 0 unspecified atom stereocenters. The molecule has 1 aromatic rings. The highest BCUT2D eigenvalue weighted by atomic mass is 32.1. The molecule has 1 rings (SSSR count). The molecule has 3 heteroatoms. The molecule has 0 bridgehead atoms. The molecular formula is C9H11NOS. The van der Waals surface area contributed by atoms with Crippen molar-refractivity contribution in [2.75, 3.05) is 6.61 Å². The molecule has 0 radical (unpaired) electrons. The number of aliphatic hydroxyl groups excluding tert-OH is 1. The van der Waals surface area contributed by atoms with Crippen molar-refractivity contribution in [3.63, 3.8) is 0 Å². The third-order valence-corrected chi connectivity index (χ3v) is 2.67. The first-order valence-electron chi connectivity index (χ1n) is 3.82. The van der Waals surface area contributed by atoms with Crippen LogP contribution in [-0.2, 0) is 6.42 Å². The Labute approximate surface area is 76.1 Å². The predicted octanol–water partition coefficient (Wildman–Crippen LogP) is 1.73. The second-order valence-corrected chi connectivity index (χ2v) is 4.10. The number of nitriles is 1. The van der Waals surface area contributed by atoms with Crippen LogP contribution in [0.1, 0.15) is 9.75 Å². The van der Waals surface area contributed by atoms with Gasteiger partial charge in [-0.25, -0.2) is 0 Å². The number of thiophene rings is 1. The minimum atomic E-state index is -0.247. The van der Waals surface area contributed by atoms with Crippen LogP contribution in [-0.4, -0.2) is 11.7 Å². The Bertz CT molecular complexity index is 287. The molecule has 0 fully saturated rings. The van der Waals surface area contributed by atoms with E-state index in [0.29, 0.717) is 6.42 Å². The molecule has 0 saturated carbocycles. The van der Waals surface area contributed by atoms with E-state index in [1.807, 2.05) is 19.1 Å². The summed E-state index contributed by atoms with van der Waals surface area (Å²) in [6.07, 6.45) is 0.672. The van der Waals surface area contributed by atoms with Gasteiger partial charge in [0.15, 0.2) is 0 Å². The summed E-state index contributed by atoms with van der Waals surface area (Å²) in [4.78, 5) is 2.42. The van der Waals surface area contributed by atoms with E-state index >= 15 is 0 Å². The highest BCUT2D eigenvalue weighted by Gasteiger charge is 2.07.